The Morgan fingerprint density at radius 1 is 1.12 bits per heavy atom. The lowest BCUT2D eigenvalue weighted by Crippen LogP contribution is -2.53. The van der Waals surface area contributed by atoms with Crippen LogP contribution in [0.15, 0.2) is 54.9 Å². The van der Waals surface area contributed by atoms with E-state index in [0.717, 1.165) is 34.0 Å². The second-order valence-electron chi connectivity index (χ2n) is 11.2. The number of aryl methyl sites for hydroxylation is 2. The summed E-state index contributed by atoms with van der Waals surface area (Å²) in [5.41, 5.74) is 2.40. The van der Waals surface area contributed by atoms with Crippen molar-refractivity contribution >= 4 is 40.2 Å². The number of carbonyl (C=O) groups is 2. The molecule has 208 valence electrons. The van der Waals surface area contributed by atoms with E-state index in [1.165, 1.54) is 0 Å². The van der Waals surface area contributed by atoms with Crippen molar-refractivity contribution in [3.8, 4) is 11.3 Å². The third-order valence-electron chi connectivity index (χ3n) is 6.90. The van der Waals surface area contributed by atoms with Crippen LogP contribution in [0.5, 0.6) is 0 Å². The van der Waals surface area contributed by atoms with Gasteiger partial charge in [-0.2, -0.15) is 0 Å². The molecule has 0 radical (unpaired) electrons. The number of anilines is 1. The number of hydrogen-bond acceptors (Lipinski definition) is 6. The van der Waals surface area contributed by atoms with Gasteiger partial charge in [-0.15, -0.1) is 5.10 Å². The quantitative estimate of drug-likeness (QED) is 0.302. The van der Waals surface area contributed by atoms with E-state index >= 15 is 0 Å². The number of amides is 2. The Morgan fingerprint density at radius 2 is 1.88 bits per heavy atom. The maximum absolute atomic E-state index is 14.3. The normalized spacial score (nSPS) is 15.8. The highest BCUT2D eigenvalue weighted by Crippen LogP contribution is 2.34. The number of halogens is 1. The molecule has 0 N–H and O–H groups in total. The zero-order chi connectivity index (χ0) is 28.6. The molecule has 0 bridgehead atoms. The summed E-state index contributed by atoms with van der Waals surface area (Å²) >= 11 is 6.37. The topological polar surface area (TPSA) is 93.5 Å². The van der Waals surface area contributed by atoms with Crippen LogP contribution >= 0.6 is 11.6 Å². The van der Waals surface area contributed by atoms with Gasteiger partial charge in [-0.1, -0.05) is 28.9 Å². The van der Waals surface area contributed by atoms with Gasteiger partial charge in [-0.3, -0.25) is 14.4 Å². The van der Waals surface area contributed by atoms with Crippen molar-refractivity contribution in [3.05, 3.63) is 71.0 Å². The van der Waals surface area contributed by atoms with E-state index in [2.05, 4.69) is 10.3 Å². The van der Waals surface area contributed by atoms with Crippen molar-refractivity contribution in [2.45, 2.75) is 52.2 Å². The first-order chi connectivity index (χ1) is 19.0. The summed E-state index contributed by atoms with van der Waals surface area (Å²) in [6.07, 6.45) is 4.58. The SMILES string of the molecule is Cc1cc(Cl)cc2ccnc(N(C(=O)c3ccc(-c4cn(C)nn4)cc3)[C@@H]3CCCN(C(=O)OC(C)(C)C)C3)c12. The maximum atomic E-state index is 14.3. The number of hydrogen-bond donors (Lipinski definition) is 0. The van der Waals surface area contributed by atoms with Gasteiger partial charge in [0.25, 0.3) is 5.91 Å². The summed E-state index contributed by atoms with van der Waals surface area (Å²) in [5, 5.41) is 10.5. The second kappa shape index (κ2) is 10.9. The van der Waals surface area contributed by atoms with E-state index in [1.807, 2.05) is 71.3 Å². The molecular formula is C30H33ClN6O3. The largest absolute Gasteiger partial charge is 0.444 e. The van der Waals surface area contributed by atoms with Crippen LogP contribution in [0.2, 0.25) is 5.02 Å². The summed E-state index contributed by atoms with van der Waals surface area (Å²) in [7, 11) is 1.81. The van der Waals surface area contributed by atoms with Crippen molar-refractivity contribution in [2.24, 2.45) is 7.05 Å². The average Bonchev–Trinajstić information content (AvgIpc) is 3.34. The number of piperidine rings is 1. The molecule has 0 unspecified atom stereocenters. The highest BCUT2D eigenvalue weighted by atomic mass is 35.5. The van der Waals surface area contributed by atoms with Crippen LogP contribution in [0, 0.1) is 6.92 Å². The van der Waals surface area contributed by atoms with Crippen molar-refractivity contribution in [2.75, 3.05) is 18.0 Å². The Kier molecular flexibility index (Phi) is 7.51. The molecule has 1 aliphatic heterocycles. The lowest BCUT2D eigenvalue weighted by Gasteiger charge is -2.39. The zero-order valence-electron chi connectivity index (χ0n) is 23.4. The molecule has 2 aromatic heterocycles. The van der Waals surface area contributed by atoms with Gasteiger partial charge >= 0.3 is 6.09 Å². The first-order valence-corrected chi connectivity index (χ1v) is 13.7. The molecule has 1 atom stereocenters. The Balaban J connectivity index is 1.55. The van der Waals surface area contributed by atoms with Crippen molar-refractivity contribution in [1.82, 2.24) is 24.9 Å². The number of fused-ring (bicyclic) bond motifs is 1. The molecule has 9 nitrogen and oxygen atoms in total. The van der Waals surface area contributed by atoms with E-state index in [9.17, 15) is 9.59 Å². The number of benzene rings is 2. The van der Waals surface area contributed by atoms with Crippen LogP contribution in [0.1, 0.15) is 49.5 Å². The molecule has 1 aliphatic rings. The predicted molar refractivity (Wildman–Crippen MR) is 156 cm³/mol. The molecule has 0 saturated carbocycles. The van der Waals surface area contributed by atoms with Gasteiger partial charge in [0.2, 0.25) is 0 Å². The van der Waals surface area contributed by atoms with Crippen molar-refractivity contribution < 1.29 is 14.3 Å². The van der Waals surface area contributed by atoms with Gasteiger partial charge < -0.3 is 9.64 Å². The molecule has 0 spiro atoms. The molecular weight excluding hydrogens is 528 g/mol. The summed E-state index contributed by atoms with van der Waals surface area (Å²) in [4.78, 5) is 35.5. The lowest BCUT2D eigenvalue weighted by atomic mass is 10.00. The number of likely N-dealkylation sites (tertiary alicyclic amines) is 1. The summed E-state index contributed by atoms with van der Waals surface area (Å²) in [6.45, 7) is 8.41. The number of carbonyl (C=O) groups excluding carboxylic acids is 2. The van der Waals surface area contributed by atoms with Crippen molar-refractivity contribution in [1.29, 1.82) is 0 Å². The lowest BCUT2D eigenvalue weighted by molar-refractivity contribution is 0.0196. The van der Waals surface area contributed by atoms with Gasteiger partial charge in [-0.05, 0) is 81.8 Å². The Bertz CT molecular complexity index is 1560. The standard InChI is InChI=1S/C30H33ClN6O3/c1-19-15-23(31)16-22-12-13-32-27(26(19)22)37(24-7-6-14-36(17-24)29(39)40-30(2,3)4)28(38)21-10-8-20(9-11-21)25-18-35(5)34-33-25/h8-13,15-16,18,24H,6-7,14,17H2,1-5H3/t24-/m1/s1. The summed E-state index contributed by atoms with van der Waals surface area (Å²) in [5.74, 6) is 0.349. The number of pyridine rings is 1. The minimum Gasteiger partial charge on any atom is -0.444 e. The van der Waals surface area contributed by atoms with Gasteiger partial charge in [0.05, 0.1) is 12.2 Å². The zero-order valence-corrected chi connectivity index (χ0v) is 24.1. The molecule has 1 fully saturated rings. The molecule has 3 heterocycles. The monoisotopic (exact) mass is 560 g/mol. The molecule has 5 rings (SSSR count). The third kappa shape index (κ3) is 5.79. The second-order valence-corrected chi connectivity index (χ2v) is 11.6. The third-order valence-corrected chi connectivity index (χ3v) is 7.11. The van der Waals surface area contributed by atoms with Gasteiger partial charge in [0, 0.05) is 47.9 Å². The van der Waals surface area contributed by atoms with E-state index < -0.39 is 5.60 Å². The smallest absolute Gasteiger partial charge is 0.410 e. The fraction of sp³-hybridized carbons (Fsp3) is 0.367. The highest BCUT2D eigenvalue weighted by molar-refractivity contribution is 6.31. The van der Waals surface area contributed by atoms with Gasteiger partial charge in [0.15, 0.2) is 0 Å². The highest BCUT2D eigenvalue weighted by Gasteiger charge is 2.35. The first-order valence-electron chi connectivity index (χ1n) is 13.3. The molecule has 2 amide bonds. The van der Waals surface area contributed by atoms with E-state index in [0.29, 0.717) is 35.9 Å². The first kappa shape index (κ1) is 27.6. The van der Waals surface area contributed by atoms with E-state index in [1.54, 1.807) is 32.8 Å². The van der Waals surface area contributed by atoms with Crippen LogP contribution in [0.25, 0.3) is 22.0 Å². The van der Waals surface area contributed by atoms with Crippen LogP contribution < -0.4 is 4.90 Å². The number of nitrogens with zero attached hydrogens (tertiary/aromatic N) is 6. The molecule has 40 heavy (non-hydrogen) atoms. The minimum atomic E-state index is -0.613. The Morgan fingerprint density at radius 3 is 2.55 bits per heavy atom. The van der Waals surface area contributed by atoms with E-state index in [-0.39, 0.29) is 18.0 Å². The van der Waals surface area contributed by atoms with Crippen molar-refractivity contribution in [3.63, 3.8) is 0 Å². The number of rotatable bonds is 4. The van der Waals surface area contributed by atoms with Crippen LogP contribution in [-0.4, -0.2) is 61.6 Å². The fourth-order valence-corrected chi connectivity index (χ4v) is 5.42. The number of aromatic nitrogens is 4. The predicted octanol–water partition coefficient (Wildman–Crippen LogP) is 6.04. The van der Waals surface area contributed by atoms with Crippen LogP contribution in [0.4, 0.5) is 10.6 Å². The molecule has 10 heteroatoms. The Labute approximate surface area is 238 Å². The molecule has 1 saturated heterocycles. The summed E-state index contributed by atoms with van der Waals surface area (Å²) in [6, 6.07) is 12.7. The molecule has 0 aliphatic carbocycles. The van der Waals surface area contributed by atoms with Crippen LogP contribution in [0.3, 0.4) is 0 Å². The number of ether oxygens (including phenoxy) is 1. The minimum absolute atomic E-state index is 0.198. The fourth-order valence-electron chi connectivity index (χ4n) is 5.14. The van der Waals surface area contributed by atoms with Gasteiger partial charge in [0.1, 0.15) is 17.1 Å². The molecule has 4 aromatic rings. The Hall–Kier alpha value is -3.98. The summed E-state index contributed by atoms with van der Waals surface area (Å²) < 4.78 is 7.29. The average molecular weight is 561 g/mol. The van der Waals surface area contributed by atoms with E-state index in [4.69, 9.17) is 21.3 Å². The molecule has 2 aromatic carbocycles. The maximum Gasteiger partial charge on any atom is 0.410 e. The van der Waals surface area contributed by atoms with Gasteiger partial charge in [-0.25, -0.2) is 9.78 Å². The van der Waals surface area contributed by atoms with Crippen LogP contribution in [-0.2, 0) is 11.8 Å².